The molecule has 1 aromatic rings. The lowest BCUT2D eigenvalue weighted by Crippen LogP contribution is -2.29. The van der Waals surface area contributed by atoms with Gasteiger partial charge >= 0.3 is 6.18 Å². The number of hydrogen-bond donors (Lipinski definition) is 2. The topological polar surface area (TPSA) is 52.0 Å². The normalized spacial score (nSPS) is 14.1. The number of hydrogen-bond acceptors (Lipinski definition) is 2. The van der Waals surface area contributed by atoms with Crippen LogP contribution in [0.5, 0.6) is 0 Å². The third kappa shape index (κ3) is 1.98. The number of nitrogen functional groups attached to an aromatic ring is 1. The summed E-state index contributed by atoms with van der Waals surface area (Å²) < 4.78 is 36.8. The number of anilines is 1. The second-order valence-corrected chi connectivity index (χ2v) is 3.10. The minimum absolute atomic E-state index is 0.0718. The highest BCUT2D eigenvalue weighted by atomic mass is 19.4. The van der Waals surface area contributed by atoms with Gasteiger partial charge in [-0.3, -0.25) is 0 Å². The first-order chi connectivity index (χ1) is 6.34. The van der Waals surface area contributed by atoms with Crippen LogP contribution in [-0.4, -0.2) is 6.18 Å². The van der Waals surface area contributed by atoms with Crippen LogP contribution in [-0.2, 0) is 0 Å². The molecule has 0 fully saturated rings. The lowest BCUT2D eigenvalue weighted by atomic mass is 10.0. The van der Waals surface area contributed by atoms with Crippen molar-refractivity contribution < 1.29 is 13.2 Å². The Morgan fingerprint density at radius 2 is 1.86 bits per heavy atom. The summed E-state index contributed by atoms with van der Waals surface area (Å²) in [5, 5.41) is 0. The molecule has 5 heteroatoms. The second-order valence-electron chi connectivity index (χ2n) is 3.10. The van der Waals surface area contributed by atoms with Crippen molar-refractivity contribution >= 4 is 5.69 Å². The maximum absolute atomic E-state index is 12.3. The number of para-hydroxylation sites is 1. The Kier molecular flexibility index (Phi) is 2.71. The van der Waals surface area contributed by atoms with Gasteiger partial charge in [-0.15, -0.1) is 0 Å². The fourth-order valence-electron chi connectivity index (χ4n) is 1.15. The fourth-order valence-corrected chi connectivity index (χ4v) is 1.15. The number of nitrogens with two attached hydrogens (primary N) is 2. The minimum Gasteiger partial charge on any atom is -0.398 e. The van der Waals surface area contributed by atoms with Crippen molar-refractivity contribution in [2.45, 2.75) is 19.1 Å². The molecule has 1 rings (SSSR count). The first-order valence-electron chi connectivity index (χ1n) is 4.01. The van der Waals surface area contributed by atoms with Crippen molar-refractivity contribution in [1.82, 2.24) is 0 Å². The monoisotopic (exact) mass is 204 g/mol. The Morgan fingerprint density at radius 1 is 1.29 bits per heavy atom. The van der Waals surface area contributed by atoms with E-state index in [2.05, 4.69) is 0 Å². The van der Waals surface area contributed by atoms with E-state index in [1.165, 1.54) is 12.1 Å². The van der Waals surface area contributed by atoms with E-state index in [0.717, 1.165) is 0 Å². The second kappa shape index (κ2) is 3.49. The molecule has 0 aromatic heterocycles. The molecular weight excluding hydrogens is 193 g/mol. The fraction of sp³-hybridized carbons (Fsp3) is 0.333. The number of rotatable bonds is 1. The Balaban J connectivity index is 3.14. The number of aryl methyl sites for hydroxylation is 1. The lowest BCUT2D eigenvalue weighted by Gasteiger charge is -2.18. The molecular formula is C9H11F3N2. The van der Waals surface area contributed by atoms with Gasteiger partial charge in [-0.1, -0.05) is 18.2 Å². The van der Waals surface area contributed by atoms with Crippen LogP contribution in [0.1, 0.15) is 17.2 Å². The van der Waals surface area contributed by atoms with Crippen molar-refractivity contribution in [1.29, 1.82) is 0 Å². The molecule has 0 heterocycles. The van der Waals surface area contributed by atoms with E-state index in [0.29, 0.717) is 5.56 Å². The summed E-state index contributed by atoms with van der Waals surface area (Å²) in [5.41, 5.74) is 11.2. The lowest BCUT2D eigenvalue weighted by molar-refractivity contribution is -0.149. The van der Waals surface area contributed by atoms with E-state index in [-0.39, 0.29) is 11.3 Å². The summed E-state index contributed by atoms with van der Waals surface area (Å²) in [6, 6.07) is 2.43. The van der Waals surface area contributed by atoms with Gasteiger partial charge in [0.25, 0.3) is 0 Å². The van der Waals surface area contributed by atoms with Gasteiger partial charge in [0.2, 0.25) is 0 Å². The van der Waals surface area contributed by atoms with Crippen LogP contribution in [0.4, 0.5) is 18.9 Å². The van der Waals surface area contributed by atoms with Gasteiger partial charge in [0.15, 0.2) is 0 Å². The molecule has 0 saturated heterocycles. The molecule has 0 amide bonds. The zero-order chi connectivity index (χ0) is 10.9. The first kappa shape index (κ1) is 10.8. The molecule has 0 unspecified atom stereocenters. The summed E-state index contributed by atoms with van der Waals surface area (Å²) >= 11 is 0. The van der Waals surface area contributed by atoms with Crippen LogP contribution in [0.15, 0.2) is 18.2 Å². The van der Waals surface area contributed by atoms with Crippen LogP contribution < -0.4 is 11.5 Å². The SMILES string of the molecule is Cc1cccc([C@@H](N)C(F)(F)F)c1N. The zero-order valence-electron chi connectivity index (χ0n) is 7.60. The van der Waals surface area contributed by atoms with Crippen LogP contribution in [0.2, 0.25) is 0 Å². The van der Waals surface area contributed by atoms with Crippen LogP contribution in [0, 0.1) is 6.92 Å². The maximum Gasteiger partial charge on any atom is 0.407 e. The molecule has 0 saturated carbocycles. The molecule has 78 valence electrons. The summed E-state index contributed by atoms with van der Waals surface area (Å²) in [4.78, 5) is 0. The summed E-state index contributed by atoms with van der Waals surface area (Å²) in [6.45, 7) is 1.64. The van der Waals surface area contributed by atoms with Gasteiger partial charge in [-0.05, 0) is 12.5 Å². The third-order valence-corrected chi connectivity index (χ3v) is 2.05. The standard InChI is InChI=1S/C9H11F3N2/c1-5-3-2-4-6(7(5)13)8(14)9(10,11)12/h2-4,8H,13-14H2,1H3/t8-/m1/s1. The Labute approximate surface area is 79.7 Å². The van der Waals surface area contributed by atoms with Gasteiger partial charge < -0.3 is 11.5 Å². The molecule has 0 bridgehead atoms. The molecule has 1 aromatic carbocycles. The predicted molar refractivity (Wildman–Crippen MR) is 48.6 cm³/mol. The summed E-state index contributed by atoms with van der Waals surface area (Å²) in [7, 11) is 0. The van der Waals surface area contributed by atoms with E-state index >= 15 is 0 Å². The molecule has 0 aliphatic carbocycles. The van der Waals surface area contributed by atoms with Crippen molar-refractivity contribution in [3.05, 3.63) is 29.3 Å². The predicted octanol–water partition coefficient (Wildman–Crippen LogP) is 2.14. The van der Waals surface area contributed by atoms with Gasteiger partial charge in [-0.25, -0.2) is 0 Å². The van der Waals surface area contributed by atoms with Gasteiger partial charge in [0, 0.05) is 11.3 Å². The molecule has 1 atom stereocenters. The molecule has 14 heavy (non-hydrogen) atoms. The maximum atomic E-state index is 12.3. The third-order valence-electron chi connectivity index (χ3n) is 2.05. The van der Waals surface area contributed by atoms with E-state index in [9.17, 15) is 13.2 Å². The Bertz CT molecular complexity index is 333. The van der Waals surface area contributed by atoms with Crippen molar-refractivity contribution in [2.75, 3.05) is 5.73 Å². The van der Waals surface area contributed by atoms with Gasteiger partial charge in [-0.2, -0.15) is 13.2 Å². The number of alkyl halides is 3. The van der Waals surface area contributed by atoms with Crippen LogP contribution >= 0.6 is 0 Å². The highest BCUT2D eigenvalue weighted by molar-refractivity contribution is 5.54. The van der Waals surface area contributed by atoms with Gasteiger partial charge in [0.1, 0.15) is 6.04 Å². The minimum atomic E-state index is -4.46. The molecule has 0 aliphatic rings. The van der Waals surface area contributed by atoms with E-state index < -0.39 is 12.2 Å². The number of benzene rings is 1. The average molecular weight is 204 g/mol. The zero-order valence-corrected chi connectivity index (χ0v) is 7.60. The van der Waals surface area contributed by atoms with Crippen LogP contribution in [0.25, 0.3) is 0 Å². The quantitative estimate of drug-likeness (QED) is 0.688. The van der Waals surface area contributed by atoms with E-state index in [1.807, 2.05) is 0 Å². The summed E-state index contributed by atoms with van der Waals surface area (Å²) in [6.07, 6.45) is -4.46. The first-order valence-corrected chi connectivity index (χ1v) is 4.01. The summed E-state index contributed by atoms with van der Waals surface area (Å²) in [5.74, 6) is 0. The number of halogens is 3. The van der Waals surface area contributed by atoms with Crippen molar-refractivity contribution in [2.24, 2.45) is 5.73 Å². The highest BCUT2D eigenvalue weighted by Gasteiger charge is 2.38. The Morgan fingerprint density at radius 3 is 2.36 bits per heavy atom. The molecule has 0 spiro atoms. The molecule has 4 N–H and O–H groups in total. The van der Waals surface area contributed by atoms with Crippen molar-refractivity contribution in [3.8, 4) is 0 Å². The Hall–Kier alpha value is -1.23. The smallest absolute Gasteiger partial charge is 0.398 e. The van der Waals surface area contributed by atoms with Gasteiger partial charge in [0.05, 0.1) is 0 Å². The van der Waals surface area contributed by atoms with E-state index in [4.69, 9.17) is 11.5 Å². The molecule has 0 radical (unpaired) electrons. The van der Waals surface area contributed by atoms with E-state index in [1.54, 1.807) is 13.0 Å². The molecule has 2 nitrogen and oxygen atoms in total. The van der Waals surface area contributed by atoms with Crippen LogP contribution in [0.3, 0.4) is 0 Å². The van der Waals surface area contributed by atoms with Crippen molar-refractivity contribution in [3.63, 3.8) is 0 Å². The molecule has 0 aliphatic heterocycles. The highest BCUT2D eigenvalue weighted by Crippen LogP contribution is 2.34. The largest absolute Gasteiger partial charge is 0.407 e. The average Bonchev–Trinajstić information content (AvgIpc) is 2.07.